The van der Waals surface area contributed by atoms with Gasteiger partial charge in [0.2, 0.25) is 0 Å². The van der Waals surface area contributed by atoms with E-state index in [4.69, 9.17) is 10.5 Å². The number of ether oxygens (including phenoxy) is 1. The van der Waals surface area contributed by atoms with Crippen LogP contribution < -0.4 is 16.0 Å². The maximum atomic E-state index is 14.3. The van der Waals surface area contributed by atoms with Crippen LogP contribution >= 0.6 is 0 Å². The molecule has 0 atom stereocenters. The highest BCUT2D eigenvalue weighted by Gasteiger charge is 2.19. The van der Waals surface area contributed by atoms with E-state index in [1.54, 1.807) is 36.4 Å². The summed E-state index contributed by atoms with van der Waals surface area (Å²) in [6.45, 7) is 0.0182. The Labute approximate surface area is 151 Å². The third-order valence-electron chi connectivity index (χ3n) is 4.01. The molecule has 0 saturated carbocycles. The van der Waals surface area contributed by atoms with Gasteiger partial charge in [-0.2, -0.15) is 0 Å². The number of imidazole rings is 1. The molecule has 0 saturated heterocycles. The number of fused-ring (bicyclic) bond motifs is 1. The van der Waals surface area contributed by atoms with Crippen LogP contribution in [0.2, 0.25) is 0 Å². The van der Waals surface area contributed by atoms with Crippen LogP contribution in [0.15, 0.2) is 59.5 Å². The summed E-state index contributed by atoms with van der Waals surface area (Å²) in [6, 6.07) is 12.4. The van der Waals surface area contributed by atoms with Gasteiger partial charge in [0.05, 0.1) is 12.2 Å². The minimum absolute atomic E-state index is 0.00306. The molecule has 0 aliphatic rings. The summed E-state index contributed by atoms with van der Waals surface area (Å²) in [4.78, 5) is 19.1. The molecular weight excluding hydrogens is 354 g/mol. The molecule has 0 aliphatic heterocycles. The number of nitrogen functional groups attached to an aromatic ring is 1. The second-order valence-electron chi connectivity index (χ2n) is 5.89. The highest BCUT2D eigenvalue weighted by atomic mass is 19.1. The Morgan fingerprint density at radius 3 is 2.67 bits per heavy atom. The number of halogens is 2. The molecule has 6 nitrogen and oxygen atoms in total. The first kappa shape index (κ1) is 16.8. The quantitative estimate of drug-likeness (QED) is 0.578. The average Bonchev–Trinajstić information content (AvgIpc) is 3.08. The molecule has 136 valence electrons. The number of pyridine rings is 1. The maximum Gasteiger partial charge on any atom is 0.274 e. The molecule has 0 amide bonds. The fraction of sp³-hybridized carbons (Fsp3) is 0.0526. The number of aromatic nitrogens is 3. The highest BCUT2D eigenvalue weighted by molar-refractivity contribution is 5.83. The van der Waals surface area contributed by atoms with E-state index in [2.05, 4.69) is 9.97 Å². The SMILES string of the molecule is Nc1cccn(Cc2nc3c(Oc4ccccc4)c(F)cc(F)c3[nH]2)c1=O. The molecule has 4 aromatic rings. The molecule has 0 unspecified atom stereocenters. The van der Waals surface area contributed by atoms with Crippen LogP contribution in [0, 0.1) is 11.6 Å². The molecule has 4 rings (SSSR count). The summed E-state index contributed by atoms with van der Waals surface area (Å²) in [5.41, 5.74) is 5.29. The summed E-state index contributed by atoms with van der Waals surface area (Å²) in [5, 5.41) is 0. The lowest BCUT2D eigenvalue weighted by Gasteiger charge is -2.07. The number of rotatable bonds is 4. The average molecular weight is 368 g/mol. The van der Waals surface area contributed by atoms with E-state index >= 15 is 0 Å². The van der Waals surface area contributed by atoms with Crippen LogP contribution in [0.1, 0.15) is 5.82 Å². The van der Waals surface area contributed by atoms with Crippen LogP contribution in [0.3, 0.4) is 0 Å². The maximum absolute atomic E-state index is 14.3. The van der Waals surface area contributed by atoms with E-state index in [1.165, 1.54) is 16.8 Å². The van der Waals surface area contributed by atoms with E-state index in [0.29, 0.717) is 5.75 Å². The number of nitrogens with two attached hydrogens (primary N) is 1. The lowest BCUT2D eigenvalue weighted by atomic mass is 10.2. The monoisotopic (exact) mass is 368 g/mol. The van der Waals surface area contributed by atoms with Gasteiger partial charge in [-0.15, -0.1) is 0 Å². The molecule has 0 spiro atoms. The van der Waals surface area contributed by atoms with Gasteiger partial charge in [-0.05, 0) is 24.3 Å². The Hall–Kier alpha value is -3.68. The summed E-state index contributed by atoms with van der Waals surface area (Å²) in [7, 11) is 0. The van der Waals surface area contributed by atoms with Gasteiger partial charge in [0.15, 0.2) is 17.4 Å². The predicted octanol–water partition coefficient (Wildman–Crippen LogP) is 3.43. The van der Waals surface area contributed by atoms with Crippen LogP contribution in [0.4, 0.5) is 14.5 Å². The minimum Gasteiger partial charge on any atom is -0.452 e. The Morgan fingerprint density at radius 1 is 1.11 bits per heavy atom. The normalized spacial score (nSPS) is 11.0. The number of para-hydroxylation sites is 1. The van der Waals surface area contributed by atoms with E-state index < -0.39 is 17.2 Å². The Balaban J connectivity index is 1.79. The molecule has 8 heteroatoms. The first-order valence-electron chi connectivity index (χ1n) is 8.07. The van der Waals surface area contributed by atoms with Gasteiger partial charge < -0.3 is 20.0 Å². The van der Waals surface area contributed by atoms with Crippen molar-refractivity contribution >= 4 is 16.7 Å². The zero-order valence-electron chi connectivity index (χ0n) is 13.9. The molecule has 0 fully saturated rings. The first-order chi connectivity index (χ1) is 13.0. The van der Waals surface area contributed by atoms with Gasteiger partial charge in [0, 0.05) is 12.3 Å². The number of H-pyrrole nitrogens is 1. The third kappa shape index (κ3) is 3.12. The molecule has 2 aromatic heterocycles. The number of anilines is 1. The van der Waals surface area contributed by atoms with Crippen LogP contribution in [0.25, 0.3) is 11.0 Å². The van der Waals surface area contributed by atoms with E-state index in [1.807, 2.05) is 0 Å². The highest BCUT2D eigenvalue weighted by Crippen LogP contribution is 2.33. The molecule has 27 heavy (non-hydrogen) atoms. The standard InChI is InChI=1S/C19H14F2N4O2/c20-12-9-13(21)18(27-11-5-2-1-3-6-11)17-16(12)23-15(24-17)10-25-8-4-7-14(22)19(25)26/h1-9H,10,22H2,(H,23,24). The topological polar surface area (TPSA) is 85.9 Å². The lowest BCUT2D eigenvalue weighted by molar-refractivity contribution is 0.443. The van der Waals surface area contributed by atoms with Crippen molar-refractivity contribution in [2.45, 2.75) is 6.54 Å². The fourth-order valence-electron chi connectivity index (χ4n) is 2.74. The van der Waals surface area contributed by atoms with Gasteiger partial charge in [0.1, 0.15) is 22.6 Å². The molecule has 2 aromatic carbocycles. The van der Waals surface area contributed by atoms with Gasteiger partial charge in [-0.1, -0.05) is 18.2 Å². The van der Waals surface area contributed by atoms with Crippen molar-refractivity contribution in [3.63, 3.8) is 0 Å². The summed E-state index contributed by atoms with van der Waals surface area (Å²) in [6.07, 6.45) is 1.53. The fourth-order valence-corrected chi connectivity index (χ4v) is 2.74. The van der Waals surface area contributed by atoms with Gasteiger partial charge in [-0.25, -0.2) is 13.8 Å². The Bertz CT molecular complexity index is 1190. The minimum atomic E-state index is -0.872. The van der Waals surface area contributed by atoms with Crippen molar-refractivity contribution in [3.8, 4) is 11.5 Å². The van der Waals surface area contributed by atoms with E-state index in [9.17, 15) is 13.6 Å². The first-order valence-corrected chi connectivity index (χ1v) is 8.07. The molecular formula is C19H14F2N4O2. The molecule has 0 bridgehead atoms. The molecule has 0 radical (unpaired) electrons. The van der Waals surface area contributed by atoms with Crippen LogP contribution in [-0.2, 0) is 6.54 Å². The number of aromatic amines is 1. The van der Waals surface area contributed by atoms with Crippen molar-refractivity contribution in [2.75, 3.05) is 5.73 Å². The second kappa shape index (κ2) is 6.56. The van der Waals surface area contributed by atoms with Crippen molar-refractivity contribution in [1.29, 1.82) is 0 Å². The number of nitrogens with one attached hydrogen (secondary N) is 1. The number of hydrogen-bond acceptors (Lipinski definition) is 4. The van der Waals surface area contributed by atoms with Crippen molar-refractivity contribution in [3.05, 3.63) is 82.5 Å². The molecule has 3 N–H and O–H groups in total. The summed E-state index contributed by atoms with van der Waals surface area (Å²) in [5.74, 6) is -1.22. The van der Waals surface area contributed by atoms with Crippen LogP contribution in [-0.4, -0.2) is 14.5 Å². The van der Waals surface area contributed by atoms with Gasteiger partial charge >= 0.3 is 0 Å². The zero-order chi connectivity index (χ0) is 19.0. The lowest BCUT2D eigenvalue weighted by Crippen LogP contribution is -2.22. The predicted molar refractivity (Wildman–Crippen MR) is 96.7 cm³/mol. The van der Waals surface area contributed by atoms with Crippen molar-refractivity contribution in [1.82, 2.24) is 14.5 Å². The number of nitrogens with zero attached hydrogens (tertiary/aromatic N) is 2. The van der Waals surface area contributed by atoms with E-state index in [0.717, 1.165) is 6.07 Å². The number of hydrogen-bond donors (Lipinski definition) is 2. The largest absolute Gasteiger partial charge is 0.452 e. The molecule has 0 aliphatic carbocycles. The third-order valence-corrected chi connectivity index (χ3v) is 4.01. The Morgan fingerprint density at radius 2 is 1.89 bits per heavy atom. The summed E-state index contributed by atoms with van der Waals surface area (Å²) < 4.78 is 35.4. The number of benzene rings is 2. The second-order valence-corrected chi connectivity index (χ2v) is 5.89. The van der Waals surface area contributed by atoms with E-state index in [-0.39, 0.29) is 34.8 Å². The van der Waals surface area contributed by atoms with Gasteiger partial charge in [-0.3, -0.25) is 4.79 Å². The smallest absolute Gasteiger partial charge is 0.274 e. The summed E-state index contributed by atoms with van der Waals surface area (Å²) >= 11 is 0. The van der Waals surface area contributed by atoms with Crippen LogP contribution in [0.5, 0.6) is 11.5 Å². The zero-order valence-corrected chi connectivity index (χ0v) is 13.9. The molecule has 2 heterocycles. The van der Waals surface area contributed by atoms with Gasteiger partial charge in [0.25, 0.3) is 5.56 Å². The van der Waals surface area contributed by atoms with Crippen molar-refractivity contribution in [2.24, 2.45) is 0 Å². The Kier molecular flexibility index (Phi) is 4.08. The van der Waals surface area contributed by atoms with Crippen molar-refractivity contribution < 1.29 is 13.5 Å².